The summed E-state index contributed by atoms with van der Waals surface area (Å²) in [5, 5.41) is 18.4. The highest BCUT2D eigenvalue weighted by molar-refractivity contribution is 7.89. The van der Waals surface area contributed by atoms with Gasteiger partial charge in [0.2, 0.25) is 10.0 Å². The molecule has 7 heteroatoms. The first-order chi connectivity index (χ1) is 9.37. The van der Waals surface area contributed by atoms with Crippen LogP contribution in [0, 0.1) is 0 Å². The average Bonchev–Trinajstić information content (AvgIpc) is 3.19. The van der Waals surface area contributed by atoms with Crippen LogP contribution in [0.4, 0.5) is 0 Å². The van der Waals surface area contributed by atoms with E-state index >= 15 is 0 Å². The Morgan fingerprint density at radius 1 is 1.45 bits per heavy atom. The molecule has 1 saturated carbocycles. The number of hydrogen-bond acceptors (Lipinski definition) is 4. The highest BCUT2D eigenvalue weighted by Gasteiger charge is 2.37. The van der Waals surface area contributed by atoms with Crippen LogP contribution < -0.4 is 0 Å². The largest absolute Gasteiger partial charge is 0.507 e. The van der Waals surface area contributed by atoms with Crippen LogP contribution in [0.5, 0.6) is 5.75 Å². The predicted octanol–water partition coefficient (Wildman–Crippen LogP) is 1.43. The molecule has 0 amide bonds. The Labute approximate surface area is 117 Å². The number of nitrogens with zero attached hydrogens (tertiary/aromatic N) is 1. The van der Waals surface area contributed by atoms with Crippen molar-refractivity contribution in [3.63, 3.8) is 0 Å². The molecular weight excluding hydrogens is 282 g/mol. The molecule has 0 aromatic heterocycles. The van der Waals surface area contributed by atoms with Gasteiger partial charge in [-0.05, 0) is 31.0 Å². The second-order valence-electron chi connectivity index (χ2n) is 4.58. The van der Waals surface area contributed by atoms with Crippen molar-refractivity contribution in [2.45, 2.75) is 23.8 Å². The Morgan fingerprint density at radius 2 is 2.10 bits per heavy atom. The van der Waals surface area contributed by atoms with Crippen LogP contribution >= 0.6 is 0 Å². The highest BCUT2D eigenvalue weighted by atomic mass is 32.2. The lowest BCUT2D eigenvalue weighted by Gasteiger charge is -2.20. The third kappa shape index (κ3) is 2.68. The van der Waals surface area contributed by atoms with Crippen molar-refractivity contribution in [3.05, 3.63) is 36.4 Å². The van der Waals surface area contributed by atoms with E-state index in [9.17, 15) is 18.3 Å². The van der Waals surface area contributed by atoms with Gasteiger partial charge in [-0.3, -0.25) is 0 Å². The van der Waals surface area contributed by atoms with Gasteiger partial charge in [0.25, 0.3) is 0 Å². The number of hydrogen-bond donors (Lipinski definition) is 2. The number of rotatable bonds is 6. The summed E-state index contributed by atoms with van der Waals surface area (Å²) < 4.78 is 26.3. The number of phenols is 1. The smallest absolute Gasteiger partial charge is 0.339 e. The number of benzene rings is 1. The van der Waals surface area contributed by atoms with Gasteiger partial charge in [0.1, 0.15) is 11.3 Å². The molecule has 0 spiro atoms. The van der Waals surface area contributed by atoms with Crippen molar-refractivity contribution in [1.29, 1.82) is 0 Å². The molecule has 1 aliphatic rings. The fourth-order valence-electron chi connectivity index (χ4n) is 1.92. The van der Waals surface area contributed by atoms with Crippen LogP contribution in [0.25, 0.3) is 0 Å². The molecule has 1 fully saturated rings. The minimum atomic E-state index is -3.79. The molecule has 1 aromatic rings. The van der Waals surface area contributed by atoms with Crippen LogP contribution in [0.2, 0.25) is 0 Å². The first kappa shape index (κ1) is 14.5. The first-order valence-electron chi connectivity index (χ1n) is 6.07. The quantitative estimate of drug-likeness (QED) is 0.774. The summed E-state index contributed by atoms with van der Waals surface area (Å²) in [6.45, 7) is 3.71. The molecule has 0 unspecified atom stereocenters. The molecule has 0 heterocycles. The van der Waals surface area contributed by atoms with Crippen molar-refractivity contribution in [2.24, 2.45) is 0 Å². The van der Waals surface area contributed by atoms with E-state index in [-0.39, 0.29) is 17.5 Å². The lowest BCUT2D eigenvalue weighted by molar-refractivity contribution is 0.0693. The van der Waals surface area contributed by atoms with Crippen LogP contribution in [0.15, 0.2) is 35.7 Å². The Kier molecular flexibility index (Phi) is 3.82. The van der Waals surface area contributed by atoms with E-state index in [0.29, 0.717) is 0 Å². The van der Waals surface area contributed by atoms with Gasteiger partial charge >= 0.3 is 5.97 Å². The molecule has 2 rings (SSSR count). The van der Waals surface area contributed by atoms with E-state index in [1.54, 1.807) is 0 Å². The summed E-state index contributed by atoms with van der Waals surface area (Å²) in [6.07, 6.45) is 3.07. The summed E-state index contributed by atoms with van der Waals surface area (Å²) in [6, 6.07) is 3.20. The third-order valence-electron chi connectivity index (χ3n) is 3.07. The molecule has 1 aromatic carbocycles. The molecule has 108 valence electrons. The summed E-state index contributed by atoms with van der Waals surface area (Å²) in [7, 11) is -3.79. The Hall–Kier alpha value is -1.86. The topological polar surface area (TPSA) is 94.9 Å². The molecule has 0 aliphatic heterocycles. The molecule has 0 saturated heterocycles. The lowest BCUT2D eigenvalue weighted by atomic mass is 10.2. The highest BCUT2D eigenvalue weighted by Crippen LogP contribution is 2.33. The second-order valence-corrected chi connectivity index (χ2v) is 6.47. The molecule has 20 heavy (non-hydrogen) atoms. The van der Waals surface area contributed by atoms with E-state index in [4.69, 9.17) is 5.11 Å². The number of aromatic carboxylic acids is 1. The molecule has 2 N–H and O–H groups in total. The zero-order valence-corrected chi connectivity index (χ0v) is 11.5. The second kappa shape index (κ2) is 5.26. The summed E-state index contributed by atoms with van der Waals surface area (Å²) in [5.41, 5.74) is -0.430. The fourth-order valence-corrected chi connectivity index (χ4v) is 3.60. The van der Waals surface area contributed by atoms with Gasteiger partial charge < -0.3 is 10.2 Å². The minimum Gasteiger partial charge on any atom is -0.507 e. The van der Waals surface area contributed by atoms with Gasteiger partial charge in [-0.2, -0.15) is 4.31 Å². The lowest BCUT2D eigenvalue weighted by Crippen LogP contribution is -2.33. The van der Waals surface area contributed by atoms with E-state index in [2.05, 4.69) is 6.58 Å². The van der Waals surface area contributed by atoms with Crippen LogP contribution in [0.1, 0.15) is 23.2 Å². The van der Waals surface area contributed by atoms with Crippen molar-refractivity contribution in [2.75, 3.05) is 6.54 Å². The van der Waals surface area contributed by atoms with Crippen LogP contribution in [0.3, 0.4) is 0 Å². The van der Waals surface area contributed by atoms with Crippen molar-refractivity contribution in [3.8, 4) is 5.75 Å². The van der Waals surface area contributed by atoms with Crippen LogP contribution in [-0.4, -0.2) is 41.5 Å². The van der Waals surface area contributed by atoms with Gasteiger partial charge in [0.15, 0.2) is 0 Å². The zero-order chi connectivity index (χ0) is 14.9. The Balaban J connectivity index is 2.45. The maximum atomic E-state index is 12.5. The van der Waals surface area contributed by atoms with Gasteiger partial charge in [-0.25, -0.2) is 13.2 Å². The molecular formula is C13H15NO5S. The van der Waals surface area contributed by atoms with Crippen molar-refractivity contribution >= 4 is 16.0 Å². The number of carboxylic acid groups (broad SMARTS) is 1. The minimum absolute atomic E-state index is 0.0555. The fraction of sp³-hybridized carbons (Fsp3) is 0.308. The van der Waals surface area contributed by atoms with E-state index < -0.39 is 27.3 Å². The molecule has 6 nitrogen and oxygen atoms in total. The summed E-state index contributed by atoms with van der Waals surface area (Å²) >= 11 is 0. The number of sulfonamides is 1. The van der Waals surface area contributed by atoms with Crippen molar-refractivity contribution < 1.29 is 23.4 Å². The normalized spacial score (nSPS) is 15.2. The maximum absolute atomic E-state index is 12.5. The standard InChI is InChI=1S/C13H15NO5S/c1-2-7-14(9-3-4-9)20(18,19)10-5-6-12(15)11(8-10)13(16)17/h2,5-6,8-9,15H,1,3-4,7H2,(H,16,17). The SMILES string of the molecule is C=CCN(C1CC1)S(=O)(=O)c1ccc(O)c(C(=O)O)c1. The first-order valence-corrected chi connectivity index (χ1v) is 7.51. The Morgan fingerprint density at radius 3 is 2.60 bits per heavy atom. The summed E-state index contributed by atoms with van der Waals surface area (Å²) in [4.78, 5) is 10.8. The van der Waals surface area contributed by atoms with Gasteiger partial charge in [-0.15, -0.1) is 6.58 Å². The predicted molar refractivity (Wildman–Crippen MR) is 72.2 cm³/mol. The number of carboxylic acids is 1. The number of aromatic hydroxyl groups is 1. The zero-order valence-electron chi connectivity index (χ0n) is 10.7. The number of carbonyl (C=O) groups is 1. The van der Waals surface area contributed by atoms with E-state index in [0.717, 1.165) is 25.0 Å². The molecule has 0 bridgehead atoms. The van der Waals surface area contributed by atoms with Gasteiger partial charge in [0.05, 0.1) is 4.90 Å². The molecule has 0 atom stereocenters. The van der Waals surface area contributed by atoms with Gasteiger partial charge in [-0.1, -0.05) is 6.08 Å². The molecule has 1 aliphatic carbocycles. The third-order valence-corrected chi connectivity index (χ3v) is 4.98. The average molecular weight is 297 g/mol. The van der Waals surface area contributed by atoms with Gasteiger partial charge in [0, 0.05) is 12.6 Å². The van der Waals surface area contributed by atoms with E-state index in [1.807, 2.05) is 0 Å². The summed E-state index contributed by atoms with van der Waals surface area (Å²) in [5.74, 6) is -1.83. The van der Waals surface area contributed by atoms with Crippen LogP contribution in [-0.2, 0) is 10.0 Å². The van der Waals surface area contributed by atoms with Crippen molar-refractivity contribution in [1.82, 2.24) is 4.31 Å². The molecule has 0 radical (unpaired) electrons. The van der Waals surface area contributed by atoms with E-state index in [1.165, 1.54) is 16.4 Å². The monoisotopic (exact) mass is 297 g/mol. The Bertz CT molecular complexity index is 649. The maximum Gasteiger partial charge on any atom is 0.339 e.